The van der Waals surface area contributed by atoms with Crippen LogP contribution in [0.5, 0.6) is 5.75 Å². The Morgan fingerprint density at radius 1 is 1.33 bits per heavy atom. The largest absolute Gasteiger partial charge is 0.495 e. The molecule has 24 heavy (non-hydrogen) atoms. The molecule has 2 aromatic rings. The number of anilines is 2. The van der Waals surface area contributed by atoms with Gasteiger partial charge in [-0.3, -0.25) is 4.79 Å². The number of rotatable bonds is 5. The molecule has 0 bridgehead atoms. The van der Waals surface area contributed by atoms with E-state index >= 15 is 0 Å². The van der Waals surface area contributed by atoms with Gasteiger partial charge in [0.15, 0.2) is 5.13 Å². The van der Waals surface area contributed by atoms with E-state index in [0.717, 1.165) is 27.5 Å². The van der Waals surface area contributed by atoms with Crippen LogP contribution in [0.3, 0.4) is 0 Å². The Balaban J connectivity index is 2.32. The summed E-state index contributed by atoms with van der Waals surface area (Å²) in [6, 6.07) is 5.45. The fourth-order valence-electron chi connectivity index (χ4n) is 1.97. The monoisotopic (exact) mass is 369 g/mol. The van der Waals surface area contributed by atoms with Crippen molar-refractivity contribution in [3.05, 3.63) is 34.3 Å². The number of nitrogens with zero attached hydrogens (tertiary/aromatic N) is 2. The van der Waals surface area contributed by atoms with E-state index in [1.165, 1.54) is 14.2 Å². The highest BCUT2D eigenvalue weighted by molar-refractivity contribution is 7.92. The van der Waals surface area contributed by atoms with Crippen LogP contribution in [0.1, 0.15) is 20.9 Å². The number of carbonyl (C=O) groups excluding carboxylic acids is 1. The van der Waals surface area contributed by atoms with Crippen molar-refractivity contribution in [2.24, 2.45) is 0 Å². The van der Waals surface area contributed by atoms with Gasteiger partial charge in [0.1, 0.15) is 10.6 Å². The number of amides is 1. The SMILES string of the molecule is COc1ccc(C)cc1NC(=O)c1sc(N(C)S(C)(=O)=O)nc1C. The summed E-state index contributed by atoms with van der Waals surface area (Å²) < 4.78 is 29.5. The lowest BCUT2D eigenvalue weighted by Crippen LogP contribution is -2.24. The maximum absolute atomic E-state index is 12.5. The van der Waals surface area contributed by atoms with E-state index in [4.69, 9.17) is 4.74 Å². The molecule has 0 spiro atoms. The van der Waals surface area contributed by atoms with Gasteiger partial charge in [-0.05, 0) is 31.5 Å². The van der Waals surface area contributed by atoms with Crippen LogP contribution >= 0.6 is 11.3 Å². The Kier molecular flexibility index (Phi) is 5.14. The van der Waals surface area contributed by atoms with E-state index in [1.54, 1.807) is 19.1 Å². The number of aromatic nitrogens is 1. The molecule has 0 atom stereocenters. The fourth-order valence-corrected chi connectivity index (χ4v) is 3.64. The van der Waals surface area contributed by atoms with Crippen LogP contribution in [0, 0.1) is 13.8 Å². The number of carbonyl (C=O) groups is 1. The zero-order valence-electron chi connectivity index (χ0n) is 14.1. The number of thiazole rings is 1. The Morgan fingerprint density at radius 3 is 2.58 bits per heavy atom. The van der Waals surface area contributed by atoms with Gasteiger partial charge >= 0.3 is 0 Å². The predicted molar refractivity (Wildman–Crippen MR) is 95.8 cm³/mol. The molecule has 0 unspecified atom stereocenters. The van der Waals surface area contributed by atoms with Crippen molar-refractivity contribution in [2.75, 3.05) is 30.0 Å². The molecule has 0 aliphatic carbocycles. The average molecular weight is 369 g/mol. The number of sulfonamides is 1. The molecule has 0 fully saturated rings. The van der Waals surface area contributed by atoms with Crippen molar-refractivity contribution in [3.8, 4) is 5.75 Å². The molecule has 1 aromatic carbocycles. The van der Waals surface area contributed by atoms with Gasteiger partial charge in [-0.25, -0.2) is 17.7 Å². The molecule has 9 heteroatoms. The Hall–Kier alpha value is -2.13. The van der Waals surface area contributed by atoms with Crippen molar-refractivity contribution in [1.82, 2.24) is 4.98 Å². The normalized spacial score (nSPS) is 11.2. The lowest BCUT2D eigenvalue weighted by Gasteiger charge is -2.12. The van der Waals surface area contributed by atoms with E-state index in [0.29, 0.717) is 22.0 Å². The van der Waals surface area contributed by atoms with Gasteiger partial charge in [-0.15, -0.1) is 0 Å². The van der Waals surface area contributed by atoms with Gasteiger partial charge < -0.3 is 10.1 Å². The molecule has 1 aromatic heterocycles. The third-order valence-corrected chi connectivity index (χ3v) is 5.88. The number of ether oxygens (including phenoxy) is 1. The minimum Gasteiger partial charge on any atom is -0.495 e. The average Bonchev–Trinajstić information content (AvgIpc) is 2.87. The molecule has 0 saturated heterocycles. The van der Waals surface area contributed by atoms with Crippen LogP contribution in [0.25, 0.3) is 0 Å². The molecule has 1 heterocycles. The van der Waals surface area contributed by atoms with Gasteiger partial charge in [0, 0.05) is 7.05 Å². The zero-order valence-corrected chi connectivity index (χ0v) is 15.7. The molecule has 1 N–H and O–H groups in total. The third-order valence-electron chi connectivity index (χ3n) is 3.36. The van der Waals surface area contributed by atoms with E-state index < -0.39 is 10.0 Å². The first-order valence-corrected chi connectivity index (χ1v) is 9.67. The first-order valence-electron chi connectivity index (χ1n) is 7.00. The Morgan fingerprint density at radius 2 is 2.00 bits per heavy atom. The second-order valence-corrected chi connectivity index (χ2v) is 8.29. The molecule has 0 aliphatic heterocycles. The molecule has 7 nitrogen and oxygen atoms in total. The van der Waals surface area contributed by atoms with Crippen molar-refractivity contribution in [2.45, 2.75) is 13.8 Å². The summed E-state index contributed by atoms with van der Waals surface area (Å²) in [5.41, 5.74) is 1.99. The highest BCUT2D eigenvalue weighted by Crippen LogP contribution is 2.30. The lowest BCUT2D eigenvalue weighted by molar-refractivity contribution is 0.102. The number of methoxy groups -OCH3 is 1. The number of hydrogen-bond donors (Lipinski definition) is 1. The maximum atomic E-state index is 12.5. The molecule has 130 valence electrons. The van der Waals surface area contributed by atoms with Crippen LogP contribution in [0.4, 0.5) is 10.8 Å². The minimum absolute atomic E-state index is 0.247. The maximum Gasteiger partial charge on any atom is 0.267 e. The van der Waals surface area contributed by atoms with Crippen LogP contribution < -0.4 is 14.4 Å². The number of benzene rings is 1. The molecule has 0 aliphatic rings. The molecular formula is C15H19N3O4S2. The second kappa shape index (κ2) is 6.78. The first-order chi connectivity index (χ1) is 11.1. The van der Waals surface area contributed by atoms with Crippen molar-refractivity contribution in [1.29, 1.82) is 0 Å². The van der Waals surface area contributed by atoms with Crippen LogP contribution in [0.15, 0.2) is 18.2 Å². The lowest BCUT2D eigenvalue weighted by atomic mass is 10.2. The van der Waals surface area contributed by atoms with E-state index in [1.807, 2.05) is 13.0 Å². The van der Waals surface area contributed by atoms with Crippen LogP contribution in [-0.4, -0.2) is 39.7 Å². The smallest absolute Gasteiger partial charge is 0.267 e. The summed E-state index contributed by atoms with van der Waals surface area (Å²) in [4.78, 5) is 17.1. The third kappa shape index (κ3) is 3.85. The summed E-state index contributed by atoms with van der Waals surface area (Å²) in [5.74, 6) is 0.187. The number of hydrogen-bond acceptors (Lipinski definition) is 6. The van der Waals surface area contributed by atoms with Crippen molar-refractivity contribution >= 4 is 38.1 Å². The fraction of sp³-hybridized carbons (Fsp3) is 0.333. The van der Waals surface area contributed by atoms with Crippen molar-refractivity contribution < 1.29 is 17.9 Å². The van der Waals surface area contributed by atoms with Crippen LogP contribution in [-0.2, 0) is 10.0 Å². The summed E-state index contributed by atoms with van der Waals surface area (Å²) in [7, 11) is -0.504. The Labute approximate surface area is 145 Å². The number of aryl methyl sites for hydroxylation is 2. The minimum atomic E-state index is -3.43. The highest BCUT2D eigenvalue weighted by atomic mass is 32.2. The standard InChI is InChI=1S/C15H19N3O4S2/c1-9-6-7-12(22-4)11(8-9)17-14(19)13-10(2)16-15(23-13)18(3)24(5,20)21/h6-8H,1-5H3,(H,17,19). The zero-order chi connectivity index (χ0) is 18.1. The molecule has 0 radical (unpaired) electrons. The molecule has 1 amide bonds. The van der Waals surface area contributed by atoms with Gasteiger partial charge in [0.2, 0.25) is 10.0 Å². The van der Waals surface area contributed by atoms with E-state index in [-0.39, 0.29) is 11.0 Å². The van der Waals surface area contributed by atoms with Gasteiger partial charge in [-0.1, -0.05) is 17.4 Å². The quantitative estimate of drug-likeness (QED) is 0.874. The molecule has 2 rings (SSSR count). The Bertz CT molecular complexity index is 875. The van der Waals surface area contributed by atoms with Gasteiger partial charge in [-0.2, -0.15) is 0 Å². The summed E-state index contributed by atoms with van der Waals surface area (Å²) in [5, 5.41) is 3.04. The summed E-state index contributed by atoms with van der Waals surface area (Å²) >= 11 is 1.02. The van der Waals surface area contributed by atoms with Crippen LogP contribution in [0.2, 0.25) is 0 Å². The first kappa shape index (κ1) is 18.2. The van der Waals surface area contributed by atoms with Gasteiger partial charge in [0.05, 0.1) is 24.7 Å². The topological polar surface area (TPSA) is 88.6 Å². The highest BCUT2D eigenvalue weighted by Gasteiger charge is 2.22. The molecular weight excluding hydrogens is 350 g/mol. The summed E-state index contributed by atoms with van der Waals surface area (Å²) in [6.45, 7) is 3.57. The second-order valence-electron chi connectivity index (χ2n) is 5.30. The molecule has 0 saturated carbocycles. The van der Waals surface area contributed by atoms with E-state index in [2.05, 4.69) is 10.3 Å². The van der Waals surface area contributed by atoms with Gasteiger partial charge in [0.25, 0.3) is 5.91 Å². The number of nitrogens with one attached hydrogen (secondary N) is 1. The summed E-state index contributed by atoms with van der Waals surface area (Å²) in [6.07, 6.45) is 1.08. The van der Waals surface area contributed by atoms with Crippen molar-refractivity contribution in [3.63, 3.8) is 0 Å². The van der Waals surface area contributed by atoms with E-state index in [9.17, 15) is 13.2 Å². The predicted octanol–water partition coefficient (Wildman–Crippen LogP) is 2.42.